The number of rotatable bonds is 2. The maximum Gasteiger partial charge on any atom is 0.104 e. The maximum atomic E-state index is 11.3. The van der Waals surface area contributed by atoms with Gasteiger partial charge < -0.3 is 10.6 Å². The highest BCUT2D eigenvalue weighted by Gasteiger charge is 2.17. The molecule has 1 fully saturated rings. The number of halogens is 1. The van der Waals surface area contributed by atoms with Gasteiger partial charge >= 0.3 is 0 Å². The van der Waals surface area contributed by atoms with Crippen LogP contribution in [-0.2, 0) is 10.8 Å². The average molecular weight is 333 g/mol. The first-order chi connectivity index (χ1) is 8.08. The first kappa shape index (κ1) is 13.0. The summed E-state index contributed by atoms with van der Waals surface area (Å²) in [6.45, 7) is 1.66. The second-order valence-electron chi connectivity index (χ2n) is 3.87. The molecular formula is C11H13BrN2OS2. The number of nitrogens with two attached hydrogens (primary N) is 1. The Morgan fingerprint density at radius 2 is 2.06 bits per heavy atom. The van der Waals surface area contributed by atoms with Gasteiger partial charge in [0, 0.05) is 45.4 Å². The molecular weight excluding hydrogens is 320 g/mol. The van der Waals surface area contributed by atoms with Crippen LogP contribution in [0.1, 0.15) is 5.56 Å². The molecule has 2 rings (SSSR count). The number of hydrogen-bond donors (Lipinski definition) is 1. The summed E-state index contributed by atoms with van der Waals surface area (Å²) in [5.74, 6) is 1.48. The van der Waals surface area contributed by atoms with E-state index in [2.05, 4.69) is 20.8 Å². The van der Waals surface area contributed by atoms with Crippen molar-refractivity contribution in [3.63, 3.8) is 0 Å². The zero-order valence-corrected chi connectivity index (χ0v) is 12.4. The lowest BCUT2D eigenvalue weighted by molar-refractivity contribution is 0.673. The number of nitrogens with zero attached hydrogens (tertiary/aromatic N) is 1. The molecule has 2 N–H and O–H groups in total. The fourth-order valence-electron chi connectivity index (χ4n) is 1.80. The van der Waals surface area contributed by atoms with E-state index in [0.29, 0.717) is 4.99 Å². The normalized spacial score (nSPS) is 17.1. The van der Waals surface area contributed by atoms with Crippen LogP contribution in [0, 0.1) is 0 Å². The van der Waals surface area contributed by atoms with E-state index in [4.69, 9.17) is 18.0 Å². The lowest BCUT2D eigenvalue weighted by atomic mass is 10.2. The molecule has 0 atom stereocenters. The Morgan fingerprint density at radius 3 is 2.59 bits per heavy atom. The molecule has 0 saturated carbocycles. The Kier molecular flexibility index (Phi) is 4.17. The van der Waals surface area contributed by atoms with Crippen molar-refractivity contribution in [3.05, 3.63) is 28.2 Å². The second kappa shape index (κ2) is 5.46. The molecule has 1 aliphatic heterocycles. The fraction of sp³-hybridized carbons (Fsp3) is 0.364. The molecule has 0 bridgehead atoms. The summed E-state index contributed by atoms with van der Waals surface area (Å²) in [5.41, 5.74) is 7.56. The fourth-order valence-corrected chi connectivity index (χ4v) is 3.60. The van der Waals surface area contributed by atoms with Crippen molar-refractivity contribution in [1.82, 2.24) is 0 Å². The predicted molar refractivity (Wildman–Crippen MR) is 80.1 cm³/mol. The molecule has 0 radical (unpaired) electrons. The molecule has 6 heteroatoms. The van der Waals surface area contributed by atoms with E-state index in [1.165, 1.54) is 0 Å². The van der Waals surface area contributed by atoms with Crippen LogP contribution >= 0.6 is 28.1 Å². The maximum absolute atomic E-state index is 11.3. The Hall–Kier alpha value is -0.460. The highest BCUT2D eigenvalue weighted by molar-refractivity contribution is 9.10. The quantitative estimate of drug-likeness (QED) is 0.836. The SMILES string of the molecule is NC(=S)c1ccc(N2CCS(=O)CC2)c(Br)c1. The first-order valence-electron chi connectivity index (χ1n) is 5.27. The summed E-state index contributed by atoms with van der Waals surface area (Å²) >= 11 is 8.47. The van der Waals surface area contributed by atoms with Gasteiger partial charge in [-0.1, -0.05) is 12.2 Å². The molecule has 1 aliphatic rings. The molecule has 1 aromatic carbocycles. The van der Waals surface area contributed by atoms with E-state index in [0.717, 1.165) is 40.3 Å². The van der Waals surface area contributed by atoms with E-state index in [9.17, 15) is 4.21 Å². The number of hydrogen-bond acceptors (Lipinski definition) is 3. The average Bonchev–Trinajstić information content (AvgIpc) is 2.30. The third kappa shape index (κ3) is 3.05. The summed E-state index contributed by atoms with van der Waals surface area (Å²) in [4.78, 5) is 2.63. The monoisotopic (exact) mass is 332 g/mol. The van der Waals surface area contributed by atoms with Crippen LogP contribution in [0.5, 0.6) is 0 Å². The van der Waals surface area contributed by atoms with E-state index in [-0.39, 0.29) is 0 Å². The molecule has 92 valence electrons. The molecule has 0 spiro atoms. The Labute approximate surface area is 117 Å². The topological polar surface area (TPSA) is 46.3 Å². The number of thiocarbonyl (C=S) groups is 1. The summed E-state index contributed by atoms with van der Waals surface area (Å²) in [6, 6.07) is 5.87. The summed E-state index contributed by atoms with van der Waals surface area (Å²) in [5, 5.41) is 0. The van der Waals surface area contributed by atoms with Crippen molar-refractivity contribution in [2.24, 2.45) is 5.73 Å². The van der Waals surface area contributed by atoms with Crippen molar-refractivity contribution in [2.45, 2.75) is 0 Å². The molecule has 1 heterocycles. The highest BCUT2D eigenvalue weighted by Crippen LogP contribution is 2.28. The summed E-state index contributed by atoms with van der Waals surface area (Å²) in [7, 11) is -0.651. The van der Waals surface area contributed by atoms with Crippen LogP contribution in [0.2, 0.25) is 0 Å². The Morgan fingerprint density at radius 1 is 1.41 bits per heavy atom. The van der Waals surface area contributed by atoms with Gasteiger partial charge in [0.05, 0.1) is 5.69 Å². The van der Waals surface area contributed by atoms with Gasteiger partial charge in [-0.15, -0.1) is 0 Å². The van der Waals surface area contributed by atoms with Gasteiger partial charge in [-0.3, -0.25) is 4.21 Å². The van der Waals surface area contributed by atoms with Crippen LogP contribution in [0.25, 0.3) is 0 Å². The third-order valence-corrected chi connectivity index (χ3v) is 4.90. The standard InChI is InChI=1S/C11H13BrN2OS2/c12-9-7-8(11(13)16)1-2-10(9)14-3-5-17(15)6-4-14/h1-2,7H,3-6H2,(H2,13,16). The molecule has 3 nitrogen and oxygen atoms in total. The van der Waals surface area contributed by atoms with Gasteiger partial charge in [-0.2, -0.15) is 0 Å². The lowest BCUT2D eigenvalue weighted by Gasteiger charge is -2.29. The van der Waals surface area contributed by atoms with E-state index in [1.54, 1.807) is 0 Å². The molecule has 1 aromatic rings. The van der Waals surface area contributed by atoms with Crippen LogP contribution in [-0.4, -0.2) is 33.8 Å². The molecule has 0 unspecified atom stereocenters. The minimum atomic E-state index is -0.651. The van der Waals surface area contributed by atoms with Gasteiger partial charge in [0.15, 0.2) is 0 Å². The van der Waals surface area contributed by atoms with Crippen molar-refractivity contribution < 1.29 is 4.21 Å². The minimum absolute atomic E-state index is 0.400. The van der Waals surface area contributed by atoms with Crippen LogP contribution in [0.4, 0.5) is 5.69 Å². The molecule has 0 aliphatic carbocycles. The predicted octanol–water partition coefficient (Wildman–Crippen LogP) is 1.65. The van der Waals surface area contributed by atoms with Crippen molar-refractivity contribution >= 4 is 49.6 Å². The molecule has 1 saturated heterocycles. The molecule has 0 amide bonds. The van der Waals surface area contributed by atoms with Gasteiger partial charge in [-0.25, -0.2) is 0 Å². The van der Waals surface area contributed by atoms with Crippen LogP contribution in [0.15, 0.2) is 22.7 Å². The first-order valence-corrected chi connectivity index (χ1v) is 7.96. The van der Waals surface area contributed by atoms with Gasteiger partial charge in [0.25, 0.3) is 0 Å². The number of benzene rings is 1. The van der Waals surface area contributed by atoms with Crippen LogP contribution in [0.3, 0.4) is 0 Å². The smallest absolute Gasteiger partial charge is 0.104 e. The van der Waals surface area contributed by atoms with Crippen LogP contribution < -0.4 is 10.6 Å². The van der Waals surface area contributed by atoms with E-state index < -0.39 is 10.8 Å². The highest BCUT2D eigenvalue weighted by atomic mass is 79.9. The number of anilines is 1. The Balaban J connectivity index is 2.21. The van der Waals surface area contributed by atoms with Gasteiger partial charge in [0.2, 0.25) is 0 Å². The van der Waals surface area contributed by atoms with E-state index >= 15 is 0 Å². The summed E-state index contributed by atoms with van der Waals surface area (Å²) < 4.78 is 12.3. The zero-order chi connectivity index (χ0) is 12.4. The van der Waals surface area contributed by atoms with Gasteiger partial charge in [0.1, 0.15) is 4.99 Å². The largest absolute Gasteiger partial charge is 0.389 e. The summed E-state index contributed by atoms with van der Waals surface area (Å²) in [6.07, 6.45) is 0. The van der Waals surface area contributed by atoms with Crippen molar-refractivity contribution in [3.8, 4) is 0 Å². The van der Waals surface area contributed by atoms with E-state index in [1.807, 2.05) is 18.2 Å². The van der Waals surface area contributed by atoms with Crippen molar-refractivity contribution in [1.29, 1.82) is 0 Å². The van der Waals surface area contributed by atoms with Gasteiger partial charge in [-0.05, 0) is 34.1 Å². The van der Waals surface area contributed by atoms with Crippen molar-refractivity contribution in [2.75, 3.05) is 29.5 Å². The minimum Gasteiger partial charge on any atom is -0.389 e. The third-order valence-electron chi connectivity index (χ3n) is 2.75. The zero-order valence-electron chi connectivity index (χ0n) is 9.19. The molecule has 17 heavy (non-hydrogen) atoms. The molecule has 0 aromatic heterocycles. The lowest BCUT2D eigenvalue weighted by Crippen LogP contribution is -2.37. The second-order valence-corrected chi connectivity index (χ2v) is 6.86. The Bertz CT molecular complexity index is 469.